The number of nitrogens with one attached hydrogen (secondary N) is 1. The molecule has 0 radical (unpaired) electrons. The van der Waals surface area contributed by atoms with E-state index in [2.05, 4.69) is 9.46 Å². The van der Waals surface area contributed by atoms with Crippen LogP contribution < -0.4 is 4.72 Å². The third-order valence-electron chi connectivity index (χ3n) is 2.42. The Morgan fingerprint density at radius 2 is 2.10 bits per heavy atom. The summed E-state index contributed by atoms with van der Waals surface area (Å²) < 4.78 is 30.9. The lowest BCUT2D eigenvalue weighted by Crippen LogP contribution is -2.23. The molecule has 0 aliphatic heterocycles. The average Bonchev–Trinajstić information content (AvgIpc) is 2.39. The molecule has 0 saturated carbocycles. The molecule has 1 rings (SSSR count). The molecule has 1 N–H and O–H groups in total. The predicted octanol–water partition coefficient (Wildman–Crippen LogP) is 2.74. The molecule has 0 aromatic heterocycles. The van der Waals surface area contributed by atoms with Gasteiger partial charge in [0.1, 0.15) is 0 Å². The van der Waals surface area contributed by atoms with Crippen LogP contribution in [0.4, 0.5) is 5.69 Å². The van der Waals surface area contributed by atoms with Gasteiger partial charge in [-0.2, -0.15) is 0 Å². The van der Waals surface area contributed by atoms with Crippen molar-refractivity contribution in [2.75, 3.05) is 23.5 Å². The number of carbonyl (C=O) groups excluding carboxylic acids is 1. The molecular weight excluding hydrogens is 325 g/mol. The number of benzene rings is 1. The summed E-state index contributed by atoms with van der Waals surface area (Å²) in [5.74, 6) is -0.788. The Hall–Kier alpha value is -0.980. The van der Waals surface area contributed by atoms with Gasteiger partial charge >= 0.3 is 5.97 Å². The van der Waals surface area contributed by atoms with Gasteiger partial charge in [0.2, 0.25) is 10.0 Å². The Kier molecular flexibility index (Phi) is 6.10. The minimum Gasteiger partial charge on any atom is -0.465 e. The molecule has 1 unspecified atom stereocenters. The van der Waals surface area contributed by atoms with Crippen molar-refractivity contribution >= 4 is 44.9 Å². The first kappa shape index (κ1) is 17.1. The van der Waals surface area contributed by atoms with Gasteiger partial charge in [0.15, 0.2) is 0 Å². The van der Waals surface area contributed by atoms with Gasteiger partial charge in [-0.15, -0.1) is 11.6 Å². The largest absolute Gasteiger partial charge is 0.465 e. The second-order valence-electron chi connectivity index (χ2n) is 4.32. The number of hydrogen-bond donors (Lipinski definition) is 1. The van der Waals surface area contributed by atoms with E-state index in [4.69, 9.17) is 23.2 Å². The van der Waals surface area contributed by atoms with Gasteiger partial charge in [0.05, 0.1) is 24.1 Å². The van der Waals surface area contributed by atoms with Crippen molar-refractivity contribution in [3.8, 4) is 0 Å². The van der Waals surface area contributed by atoms with E-state index in [1.165, 1.54) is 25.3 Å². The molecular formula is C12H15Cl2NO4S. The van der Waals surface area contributed by atoms with Crippen LogP contribution in [0.5, 0.6) is 0 Å². The van der Waals surface area contributed by atoms with Gasteiger partial charge < -0.3 is 4.74 Å². The maximum absolute atomic E-state index is 12.0. The molecule has 20 heavy (non-hydrogen) atoms. The quantitative estimate of drug-likeness (QED) is 0.638. The molecule has 0 spiro atoms. The maximum atomic E-state index is 12.0. The number of alkyl halides is 1. The van der Waals surface area contributed by atoms with Crippen molar-refractivity contribution in [1.29, 1.82) is 0 Å². The minimum atomic E-state index is -3.61. The van der Waals surface area contributed by atoms with Crippen LogP contribution >= 0.6 is 23.2 Å². The molecule has 1 atom stereocenters. The molecule has 0 aliphatic carbocycles. The minimum absolute atomic E-state index is 0.0575. The highest BCUT2D eigenvalue weighted by Gasteiger charge is 2.19. The number of halogens is 2. The van der Waals surface area contributed by atoms with Gasteiger partial charge in [-0.05, 0) is 24.1 Å². The normalized spacial score (nSPS) is 12.8. The number of rotatable bonds is 6. The van der Waals surface area contributed by atoms with Gasteiger partial charge in [0.25, 0.3) is 0 Å². The fourth-order valence-electron chi connectivity index (χ4n) is 1.51. The monoisotopic (exact) mass is 339 g/mol. The zero-order chi connectivity index (χ0) is 15.3. The number of ether oxygens (including phenoxy) is 1. The molecule has 1 aromatic carbocycles. The summed E-state index contributed by atoms with van der Waals surface area (Å²) >= 11 is 11.4. The molecule has 0 bridgehead atoms. The third kappa shape index (κ3) is 4.85. The molecule has 0 saturated heterocycles. The lowest BCUT2D eigenvalue weighted by atomic mass is 10.2. The van der Waals surface area contributed by atoms with Crippen LogP contribution in [0.3, 0.4) is 0 Å². The molecule has 0 aliphatic rings. The Bertz CT molecular complexity index is 589. The van der Waals surface area contributed by atoms with Gasteiger partial charge in [-0.1, -0.05) is 18.5 Å². The lowest BCUT2D eigenvalue weighted by molar-refractivity contribution is 0.0602. The van der Waals surface area contributed by atoms with E-state index in [9.17, 15) is 13.2 Å². The lowest BCUT2D eigenvalue weighted by Gasteiger charge is -2.13. The number of carbonyl (C=O) groups is 1. The second-order valence-corrected chi connectivity index (χ2v) is 6.84. The van der Waals surface area contributed by atoms with Gasteiger partial charge in [-0.25, -0.2) is 13.2 Å². The first-order valence-electron chi connectivity index (χ1n) is 5.73. The van der Waals surface area contributed by atoms with Crippen LogP contribution in [0.15, 0.2) is 18.2 Å². The highest BCUT2D eigenvalue weighted by atomic mass is 35.5. The zero-order valence-corrected chi connectivity index (χ0v) is 13.3. The van der Waals surface area contributed by atoms with E-state index in [0.717, 1.165) is 0 Å². The highest BCUT2D eigenvalue weighted by Crippen LogP contribution is 2.23. The van der Waals surface area contributed by atoms with Crippen LogP contribution in [-0.2, 0) is 14.8 Å². The van der Waals surface area contributed by atoms with E-state index >= 15 is 0 Å². The highest BCUT2D eigenvalue weighted by molar-refractivity contribution is 7.92. The van der Waals surface area contributed by atoms with Crippen molar-refractivity contribution in [2.24, 2.45) is 5.92 Å². The summed E-state index contributed by atoms with van der Waals surface area (Å²) in [6.45, 7) is 1.72. The zero-order valence-electron chi connectivity index (χ0n) is 11.0. The van der Waals surface area contributed by atoms with Crippen molar-refractivity contribution < 1.29 is 17.9 Å². The number of esters is 1. The molecule has 1 aromatic rings. The fourth-order valence-corrected chi connectivity index (χ4v) is 3.39. The summed E-state index contributed by atoms with van der Waals surface area (Å²) in [4.78, 5) is 11.6. The first-order chi connectivity index (χ1) is 9.29. The van der Waals surface area contributed by atoms with Crippen molar-refractivity contribution in [1.82, 2.24) is 0 Å². The Morgan fingerprint density at radius 3 is 2.65 bits per heavy atom. The van der Waals surface area contributed by atoms with Crippen LogP contribution in [-0.4, -0.2) is 33.1 Å². The smallest absolute Gasteiger partial charge is 0.340 e. The van der Waals surface area contributed by atoms with E-state index in [1.807, 2.05) is 0 Å². The Morgan fingerprint density at radius 1 is 1.45 bits per heavy atom. The van der Waals surface area contributed by atoms with E-state index in [1.54, 1.807) is 6.92 Å². The van der Waals surface area contributed by atoms with Crippen molar-refractivity contribution in [3.05, 3.63) is 28.8 Å². The predicted molar refractivity (Wildman–Crippen MR) is 80.1 cm³/mol. The maximum Gasteiger partial charge on any atom is 0.340 e. The number of anilines is 1. The number of hydrogen-bond acceptors (Lipinski definition) is 4. The standard InChI is InChI=1S/C12H15Cl2NO4S/c1-8(6-13)7-20(17,18)15-11-4-3-9(14)5-10(11)12(16)19-2/h3-5,8,15H,6-7H2,1-2H3. The number of methoxy groups -OCH3 is 1. The van der Waals surface area contributed by atoms with Crippen molar-refractivity contribution in [3.63, 3.8) is 0 Å². The molecule has 112 valence electrons. The van der Waals surface area contributed by atoms with Crippen molar-refractivity contribution in [2.45, 2.75) is 6.92 Å². The molecule has 5 nitrogen and oxygen atoms in total. The molecule has 0 heterocycles. The molecule has 0 fully saturated rings. The summed E-state index contributed by atoms with van der Waals surface area (Å²) in [5.41, 5.74) is 0.185. The molecule has 0 amide bonds. The van der Waals surface area contributed by atoms with E-state index < -0.39 is 16.0 Å². The summed E-state index contributed by atoms with van der Waals surface area (Å²) in [6, 6.07) is 4.24. The fraction of sp³-hybridized carbons (Fsp3) is 0.417. The second kappa shape index (κ2) is 7.15. The summed E-state index contributed by atoms with van der Waals surface area (Å²) in [7, 11) is -2.40. The van der Waals surface area contributed by atoms with Gasteiger partial charge in [-0.3, -0.25) is 4.72 Å². The third-order valence-corrected chi connectivity index (χ3v) is 4.72. The van der Waals surface area contributed by atoms with Crippen LogP contribution in [0.2, 0.25) is 5.02 Å². The van der Waals surface area contributed by atoms with E-state index in [-0.39, 0.29) is 28.8 Å². The SMILES string of the molecule is COC(=O)c1cc(Cl)ccc1NS(=O)(=O)CC(C)CCl. The van der Waals surface area contributed by atoms with Gasteiger partial charge in [0, 0.05) is 10.9 Å². The Balaban J connectivity index is 3.06. The average molecular weight is 340 g/mol. The first-order valence-corrected chi connectivity index (χ1v) is 8.30. The topological polar surface area (TPSA) is 72.5 Å². The summed E-state index contributed by atoms with van der Waals surface area (Å²) in [5, 5.41) is 0.308. The van der Waals surface area contributed by atoms with Crippen LogP contribution in [0, 0.1) is 5.92 Å². The number of sulfonamides is 1. The molecule has 8 heteroatoms. The van der Waals surface area contributed by atoms with Crippen LogP contribution in [0.1, 0.15) is 17.3 Å². The van der Waals surface area contributed by atoms with E-state index in [0.29, 0.717) is 5.02 Å². The van der Waals surface area contributed by atoms with Crippen LogP contribution in [0.25, 0.3) is 0 Å². The Labute approximate surface area is 128 Å². The summed E-state index contributed by atoms with van der Waals surface area (Å²) in [6.07, 6.45) is 0.